The van der Waals surface area contributed by atoms with Gasteiger partial charge in [-0.05, 0) is 44.3 Å². The van der Waals surface area contributed by atoms with Crippen LogP contribution in [0.25, 0.3) is 0 Å². The van der Waals surface area contributed by atoms with Crippen LogP contribution in [0.3, 0.4) is 0 Å². The first-order valence-electron chi connectivity index (χ1n) is 6.86. The van der Waals surface area contributed by atoms with Gasteiger partial charge in [0, 0.05) is 12.1 Å². The molecule has 1 aliphatic rings. The molecular formula is C15H22N2OS. The van der Waals surface area contributed by atoms with Crippen molar-refractivity contribution in [2.75, 3.05) is 13.1 Å². The molecule has 0 aromatic heterocycles. The minimum atomic E-state index is -0.189. The van der Waals surface area contributed by atoms with E-state index >= 15 is 0 Å². The van der Waals surface area contributed by atoms with Gasteiger partial charge in [0.2, 0.25) is 0 Å². The first-order valence-corrected chi connectivity index (χ1v) is 7.27. The van der Waals surface area contributed by atoms with Crippen molar-refractivity contribution in [1.82, 2.24) is 4.90 Å². The Bertz CT molecular complexity index is 440. The summed E-state index contributed by atoms with van der Waals surface area (Å²) < 4.78 is 0. The standard InChI is InChI=1S/C15H22N2OS/c1-11(18)12-6-8-17(9-7-12)10-13-4-2-3-5-14(13)15(16)19/h2-5,11-12,18H,6-10H2,1H3,(H2,16,19). The van der Waals surface area contributed by atoms with Crippen LogP contribution in [0.5, 0.6) is 0 Å². The number of hydrogen-bond donors (Lipinski definition) is 2. The molecule has 1 saturated heterocycles. The van der Waals surface area contributed by atoms with Crippen molar-refractivity contribution in [3.8, 4) is 0 Å². The van der Waals surface area contributed by atoms with Gasteiger partial charge >= 0.3 is 0 Å². The lowest BCUT2D eigenvalue weighted by Gasteiger charge is -2.33. The average molecular weight is 278 g/mol. The summed E-state index contributed by atoms with van der Waals surface area (Å²) in [7, 11) is 0. The lowest BCUT2D eigenvalue weighted by atomic mass is 9.92. The first kappa shape index (κ1) is 14.4. The molecule has 3 N–H and O–H groups in total. The van der Waals surface area contributed by atoms with E-state index in [0.717, 1.165) is 38.0 Å². The molecule has 1 aliphatic heterocycles. The van der Waals surface area contributed by atoms with Crippen molar-refractivity contribution in [2.45, 2.75) is 32.4 Å². The molecule has 0 aliphatic carbocycles. The maximum atomic E-state index is 9.62. The summed E-state index contributed by atoms with van der Waals surface area (Å²) in [4.78, 5) is 2.88. The number of rotatable bonds is 4. The van der Waals surface area contributed by atoms with E-state index in [0.29, 0.717) is 10.9 Å². The Kier molecular flexibility index (Phi) is 4.91. The number of thiocarbonyl (C=S) groups is 1. The maximum Gasteiger partial charge on any atom is 0.104 e. The quantitative estimate of drug-likeness (QED) is 0.826. The molecule has 0 radical (unpaired) electrons. The van der Waals surface area contributed by atoms with Crippen LogP contribution < -0.4 is 5.73 Å². The van der Waals surface area contributed by atoms with Crippen LogP contribution in [0.1, 0.15) is 30.9 Å². The Hall–Kier alpha value is -0.970. The molecule has 3 nitrogen and oxygen atoms in total. The number of hydrogen-bond acceptors (Lipinski definition) is 3. The van der Waals surface area contributed by atoms with Crippen LogP contribution in [0.4, 0.5) is 0 Å². The highest BCUT2D eigenvalue weighted by atomic mass is 32.1. The molecule has 0 bridgehead atoms. The van der Waals surface area contributed by atoms with Gasteiger partial charge in [0.05, 0.1) is 6.10 Å². The molecule has 19 heavy (non-hydrogen) atoms. The highest BCUT2D eigenvalue weighted by Gasteiger charge is 2.23. The monoisotopic (exact) mass is 278 g/mol. The molecule has 1 unspecified atom stereocenters. The van der Waals surface area contributed by atoms with Crippen molar-refractivity contribution in [3.05, 3.63) is 35.4 Å². The normalized spacial score (nSPS) is 19.3. The molecule has 0 spiro atoms. The number of benzene rings is 1. The number of nitrogens with zero attached hydrogens (tertiary/aromatic N) is 1. The van der Waals surface area contributed by atoms with Gasteiger partial charge in [0.15, 0.2) is 0 Å². The molecule has 2 rings (SSSR count). The molecule has 4 heteroatoms. The van der Waals surface area contributed by atoms with Gasteiger partial charge in [-0.1, -0.05) is 36.5 Å². The lowest BCUT2D eigenvalue weighted by Crippen LogP contribution is -2.37. The van der Waals surface area contributed by atoms with Gasteiger partial charge < -0.3 is 10.8 Å². The number of aliphatic hydroxyl groups is 1. The van der Waals surface area contributed by atoms with E-state index in [-0.39, 0.29) is 6.10 Å². The van der Waals surface area contributed by atoms with Crippen LogP contribution in [0.15, 0.2) is 24.3 Å². The van der Waals surface area contributed by atoms with E-state index in [9.17, 15) is 5.11 Å². The zero-order valence-corrected chi connectivity index (χ0v) is 12.2. The van der Waals surface area contributed by atoms with Gasteiger partial charge in [0.25, 0.3) is 0 Å². The fourth-order valence-electron chi connectivity index (χ4n) is 2.73. The molecule has 1 atom stereocenters. The number of nitrogens with two attached hydrogens (primary N) is 1. The van der Waals surface area contributed by atoms with Crippen LogP contribution >= 0.6 is 12.2 Å². The smallest absolute Gasteiger partial charge is 0.104 e. The van der Waals surface area contributed by atoms with E-state index in [1.165, 1.54) is 5.56 Å². The third-order valence-electron chi connectivity index (χ3n) is 3.99. The molecule has 1 aromatic carbocycles. The third kappa shape index (κ3) is 3.75. The predicted octanol–water partition coefficient (Wildman–Crippen LogP) is 1.91. The average Bonchev–Trinajstić information content (AvgIpc) is 2.39. The van der Waals surface area contributed by atoms with Crippen LogP contribution in [-0.4, -0.2) is 34.2 Å². The van der Waals surface area contributed by atoms with Crippen molar-refractivity contribution < 1.29 is 5.11 Å². The molecule has 0 saturated carbocycles. The van der Waals surface area contributed by atoms with Gasteiger partial charge in [-0.15, -0.1) is 0 Å². The van der Waals surface area contributed by atoms with Crippen LogP contribution in [0, 0.1) is 5.92 Å². The summed E-state index contributed by atoms with van der Waals surface area (Å²) in [5, 5.41) is 9.62. The second-order valence-electron chi connectivity index (χ2n) is 5.38. The summed E-state index contributed by atoms with van der Waals surface area (Å²) >= 11 is 5.10. The number of piperidine rings is 1. The van der Waals surface area contributed by atoms with E-state index in [1.807, 2.05) is 25.1 Å². The van der Waals surface area contributed by atoms with Crippen molar-refractivity contribution in [2.24, 2.45) is 11.7 Å². The molecule has 1 aromatic rings. The summed E-state index contributed by atoms with van der Waals surface area (Å²) in [6.45, 7) is 4.84. The molecule has 104 valence electrons. The largest absolute Gasteiger partial charge is 0.393 e. The van der Waals surface area contributed by atoms with Crippen molar-refractivity contribution in [3.63, 3.8) is 0 Å². The SMILES string of the molecule is CC(O)C1CCN(Cc2ccccc2C(N)=S)CC1. The Labute approximate surface area is 120 Å². The summed E-state index contributed by atoms with van der Waals surface area (Å²) in [6, 6.07) is 8.08. The van der Waals surface area contributed by atoms with E-state index in [4.69, 9.17) is 18.0 Å². The molecule has 0 amide bonds. The minimum Gasteiger partial charge on any atom is -0.393 e. The second-order valence-corrected chi connectivity index (χ2v) is 5.82. The predicted molar refractivity (Wildman–Crippen MR) is 82.0 cm³/mol. The van der Waals surface area contributed by atoms with E-state index < -0.39 is 0 Å². The highest BCUT2D eigenvalue weighted by molar-refractivity contribution is 7.80. The third-order valence-corrected chi connectivity index (χ3v) is 4.21. The minimum absolute atomic E-state index is 0.189. The molecule has 1 heterocycles. The maximum absolute atomic E-state index is 9.62. The Morgan fingerprint density at radius 3 is 2.63 bits per heavy atom. The fourth-order valence-corrected chi connectivity index (χ4v) is 2.93. The fraction of sp³-hybridized carbons (Fsp3) is 0.533. The Balaban J connectivity index is 1.98. The summed E-state index contributed by atoms with van der Waals surface area (Å²) in [5.41, 5.74) is 7.94. The lowest BCUT2D eigenvalue weighted by molar-refractivity contribution is 0.0695. The van der Waals surface area contributed by atoms with Crippen LogP contribution in [0.2, 0.25) is 0 Å². The van der Waals surface area contributed by atoms with E-state index in [2.05, 4.69) is 11.0 Å². The van der Waals surface area contributed by atoms with Gasteiger partial charge in [-0.2, -0.15) is 0 Å². The Morgan fingerprint density at radius 2 is 2.05 bits per heavy atom. The Morgan fingerprint density at radius 1 is 1.42 bits per heavy atom. The summed E-state index contributed by atoms with van der Waals surface area (Å²) in [5.74, 6) is 0.446. The van der Waals surface area contributed by atoms with Gasteiger partial charge in [0.1, 0.15) is 4.99 Å². The van der Waals surface area contributed by atoms with E-state index in [1.54, 1.807) is 0 Å². The second kappa shape index (κ2) is 6.46. The number of aliphatic hydroxyl groups excluding tert-OH is 1. The van der Waals surface area contributed by atoms with Crippen molar-refractivity contribution in [1.29, 1.82) is 0 Å². The zero-order valence-electron chi connectivity index (χ0n) is 11.4. The topological polar surface area (TPSA) is 49.5 Å². The molecule has 1 fully saturated rings. The highest BCUT2D eigenvalue weighted by Crippen LogP contribution is 2.22. The zero-order chi connectivity index (χ0) is 13.8. The van der Waals surface area contributed by atoms with Gasteiger partial charge in [-0.25, -0.2) is 0 Å². The van der Waals surface area contributed by atoms with Gasteiger partial charge in [-0.3, -0.25) is 4.90 Å². The first-order chi connectivity index (χ1) is 9.08. The summed E-state index contributed by atoms with van der Waals surface area (Å²) in [6.07, 6.45) is 1.94. The van der Waals surface area contributed by atoms with Crippen LogP contribution in [-0.2, 0) is 6.54 Å². The van der Waals surface area contributed by atoms with Crippen molar-refractivity contribution >= 4 is 17.2 Å². The number of likely N-dealkylation sites (tertiary alicyclic amines) is 1. The molecular weight excluding hydrogens is 256 g/mol.